The normalized spacial score (nSPS) is 19.1. The van der Waals surface area contributed by atoms with E-state index < -0.39 is 28.3 Å². The van der Waals surface area contributed by atoms with Gasteiger partial charge in [-0.3, -0.25) is 15.2 Å². The second-order valence-electron chi connectivity index (χ2n) is 8.09. The minimum absolute atomic E-state index is 0.0575. The maximum absolute atomic E-state index is 13.8. The monoisotopic (exact) mass is 423 g/mol. The predicted octanol–water partition coefficient (Wildman–Crippen LogP) is 5.39. The van der Waals surface area contributed by atoms with Crippen molar-refractivity contribution in [3.05, 3.63) is 29.6 Å². The average Bonchev–Trinajstić information content (AvgIpc) is 2.66. The van der Waals surface area contributed by atoms with Gasteiger partial charge in [0.25, 0.3) is 0 Å². The summed E-state index contributed by atoms with van der Waals surface area (Å²) in [6.45, 7) is 3.17. The van der Waals surface area contributed by atoms with Crippen molar-refractivity contribution < 1.29 is 13.9 Å². The molecule has 0 saturated carbocycles. The third-order valence-electron chi connectivity index (χ3n) is 5.17. The lowest BCUT2D eigenvalue weighted by Gasteiger charge is -2.20. The highest BCUT2D eigenvalue weighted by Crippen LogP contribution is 2.25. The van der Waals surface area contributed by atoms with Crippen molar-refractivity contribution in [1.82, 2.24) is 4.98 Å². The molecule has 1 fully saturated rings. The molecule has 7 heteroatoms. The number of nitrogens with one attached hydrogen (secondary N) is 2. The number of nitrogens with zero attached hydrogens (tertiary/aromatic N) is 1. The summed E-state index contributed by atoms with van der Waals surface area (Å²) in [5.74, 6) is -0.452. The lowest BCUT2D eigenvalue weighted by Crippen LogP contribution is -2.40. The Morgan fingerprint density at radius 1 is 1.31 bits per heavy atom. The molecule has 2 unspecified atom stereocenters. The minimum Gasteiger partial charge on any atom is -0.372 e. The Morgan fingerprint density at radius 2 is 2.03 bits per heavy atom. The van der Waals surface area contributed by atoms with Crippen LogP contribution in [0.15, 0.2) is 18.3 Å². The first-order chi connectivity index (χ1) is 13.7. The number of Topliss-reactive ketones (excluding diaryl/α,β-unsaturated/α-hetero) is 1. The first-order valence-electron chi connectivity index (χ1n) is 10.3. The summed E-state index contributed by atoms with van der Waals surface area (Å²) in [5, 5.41) is 14.2. The molecule has 0 spiro atoms. The second-order valence-corrected chi connectivity index (χ2v) is 8.53. The summed E-state index contributed by atoms with van der Waals surface area (Å²) in [4.78, 5) is 16.7. The van der Waals surface area contributed by atoms with Crippen LogP contribution in [-0.4, -0.2) is 39.8 Å². The molecule has 5 nitrogen and oxygen atoms in total. The fraction of sp³-hybridized carbons (Fsp3) is 0.636. The minimum atomic E-state index is -1.95. The van der Waals surface area contributed by atoms with Crippen molar-refractivity contribution in [2.24, 2.45) is 0 Å². The molecule has 1 saturated heterocycles. The standard InChI is InChI=1S/C22H31ClFN3O2/c1-22(2,24)21(26)19(23)20(25)17(28)9-7-8-15-11-12-16(27-14-15)18-10-5-3-4-6-13-29-18/h11-12,14,18-19,25-26H,3-10,13H2,1-2H3. The van der Waals surface area contributed by atoms with E-state index in [9.17, 15) is 9.18 Å². The number of ether oxygens (including phenoxy) is 1. The van der Waals surface area contributed by atoms with Gasteiger partial charge in [0.2, 0.25) is 0 Å². The fourth-order valence-electron chi connectivity index (χ4n) is 3.28. The van der Waals surface area contributed by atoms with Gasteiger partial charge >= 0.3 is 0 Å². The maximum Gasteiger partial charge on any atom is 0.178 e. The van der Waals surface area contributed by atoms with E-state index in [4.69, 9.17) is 27.2 Å². The molecule has 29 heavy (non-hydrogen) atoms. The van der Waals surface area contributed by atoms with E-state index in [-0.39, 0.29) is 12.5 Å². The zero-order valence-corrected chi connectivity index (χ0v) is 18.0. The van der Waals surface area contributed by atoms with Crippen LogP contribution >= 0.6 is 11.6 Å². The van der Waals surface area contributed by atoms with Gasteiger partial charge in [-0.15, -0.1) is 11.6 Å². The van der Waals surface area contributed by atoms with Gasteiger partial charge in [-0.05, 0) is 51.2 Å². The van der Waals surface area contributed by atoms with E-state index in [1.54, 1.807) is 0 Å². The van der Waals surface area contributed by atoms with Gasteiger partial charge in [-0.1, -0.05) is 25.3 Å². The summed E-state index contributed by atoms with van der Waals surface area (Å²) >= 11 is 5.94. The molecule has 1 aliphatic heterocycles. The van der Waals surface area contributed by atoms with Crippen molar-refractivity contribution in [1.29, 1.82) is 10.8 Å². The largest absolute Gasteiger partial charge is 0.372 e. The summed E-state index contributed by atoms with van der Waals surface area (Å²) in [6, 6.07) is 4.00. The number of aryl methyl sites for hydroxylation is 1. The predicted molar refractivity (Wildman–Crippen MR) is 114 cm³/mol. The van der Waals surface area contributed by atoms with Gasteiger partial charge in [-0.25, -0.2) is 4.39 Å². The topological polar surface area (TPSA) is 86.9 Å². The molecule has 160 valence electrons. The molecule has 1 aromatic rings. The Kier molecular flexibility index (Phi) is 8.90. The van der Waals surface area contributed by atoms with Gasteiger partial charge in [0.15, 0.2) is 5.78 Å². The Bertz CT molecular complexity index is 708. The van der Waals surface area contributed by atoms with Crippen molar-refractivity contribution in [3.8, 4) is 0 Å². The average molecular weight is 424 g/mol. The van der Waals surface area contributed by atoms with Crippen LogP contribution in [0.1, 0.15) is 76.2 Å². The summed E-state index contributed by atoms with van der Waals surface area (Å²) < 4.78 is 19.7. The number of pyridine rings is 1. The van der Waals surface area contributed by atoms with E-state index in [1.807, 2.05) is 18.3 Å². The number of rotatable bonds is 9. The Morgan fingerprint density at radius 3 is 2.69 bits per heavy atom. The number of hydrogen-bond acceptors (Lipinski definition) is 5. The number of ketones is 1. The highest BCUT2D eigenvalue weighted by molar-refractivity contribution is 6.57. The molecular formula is C22H31ClFN3O2. The third kappa shape index (κ3) is 7.27. The van der Waals surface area contributed by atoms with Crippen molar-refractivity contribution in [2.45, 2.75) is 82.4 Å². The smallest absolute Gasteiger partial charge is 0.178 e. The van der Waals surface area contributed by atoms with E-state index in [0.717, 1.165) is 37.1 Å². The summed E-state index contributed by atoms with van der Waals surface area (Å²) in [5.41, 5.74) is -0.872. The number of hydrogen-bond donors (Lipinski definition) is 2. The van der Waals surface area contributed by atoms with Gasteiger partial charge in [0, 0.05) is 19.2 Å². The van der Waals surface area contributed by atoms with E-state index in [2.05, 4.69) is 4.98 Å². The van der Waals surface area contributed by atoms with Crippen LogP contribution in [0.3, 0.4) is 0 Å². The van der Waals surface area contributed by atoms with Gasteiger partial charge < -0.3 is 10.1 Å². The molecule has 0 amide bonds. The van der Waals surface area contributed by atoms with Crippen LogP contribution in [-0.2, 0) is 16.0 Å². The quantitative estimate of drug-likeness (QED) is 0.412. The highest BCUT2D eigenvalue weighted by atomic mass is 35.5. The fourth-order valence-corrected chi connectivity index (χ4v) is 3.66. The Hall–Kier alpha value is -1.66. The SMILES string of the molecule is CC(C)(F)C(=N)C(Cl)C(=N)C(=O)CCCc1ccc(C2CCCCCCO2)nc1. The zero-order valence-electron chi connectivity index (χ0n) is 17.3. The molecule has 2 rings (SSSR count). The van der Waals surface area contributed by atoms with Crippen LogP contribution in [0.5, 0.6) is 0 Å². The van der Waals surface area contributed by atoms with Crippen LogP contribution in [0.25, 0.3) is 0 Å². The molecule has 0 aliphatic carbocycles. The van der Waals surface area contributed by atoms with Gasteiger partial charge in [0.1, 0.15) is 11.0 Å². The molecule has 2 heterocycles. The van der Waals surface area contributed by atoms with Crippen molar-refractivity contribution >= 4 is 28.8 Å². The lowest BCUT2D eigenvalue weighted by atomic mass is 9.95. The second kappa shape index (κ2) is 10.9. The van der Waals surface area contributed by atoms with Gasteiger partial charge in [0.05, 0.1) is 23.2 Å². The molecule has 2 atom stereocenters. The maximum atomic E-state index is 13.8. The lowest BCUT2D eigenvalue weighted by molar-refractivity contribution is -0.113. The first-order valence-corrected chi connectivity index (χ1v) is 10.7. The van der Waals surface area contributed by atoms with Crippen molar-refractivity contribution in [3.63, 3.8) is 0 Å². The summed E-state index contributed by atoms with van der Waals surface area (Å²) in [6.07, 6.45) is 8.92. The van der Waals surface area contributed by atoms with Crippen LogP contribution in [0.4, 0.5) is 4.39 Å². The molecule has 1 aromatic heterocycles. The molecule has 0 bridgehead atoms. The van der Waals surface area contributed by atoms with Crippen LogP contribution in [0.2, 0.25) is 0 Å². The molecular weight excluding hydrogens is 393 g/mol. The molecule has 0 radical (unpaired) electrons. The van der Waals surface area contributed by atoms with E-state index in [0.29, 0.717) is 12.8 Å². The number of halogens is 2. The zero-order chi connectivity index (χ0) is 21.4. The Balaban J connectivity index is 1.81. The molecule has 1 aliphatic rings. The number of aromatic nitrogens is 1. The van der Waals surface area contributed by atoms with Gasteiger partial charge in [-0.2, -0.15) is 0 Å². The highest BCUT2D eigenvalue weighted by Gasteiger charge is 2.33. The van der Waals surface area contributed by atoms with Crippen molar-refractivity contribution in [2.75, 3.05) is 6.61 Å². The van der Waals surface area contributed by atoms with E-state index >= 15 is 0 Å². The van der Waals surface area contributed by atoms with Crippen LogP contribution < -0.4 is 0 Å². The first kappa shape index (κ1) is 23.6. The molecule has 0 aromatic carbocycles. The van der Waals surface area contributed by atoms with Crippen LogP contribution in [0, 0.1) is 10.8 Å². The summed E-state index contributed by atoms with van der Waals surface area (Å²) in [7, 11) is 0. The Labute approximate surface area is 177 Å². The molecule has 2 N–H and O–H groups in total. The van der Waals surface area contributed by atoms with E-state index in [1.165, 1.54) is 26.7 Å². The number of alkyl halides is 2. The third-order valence-corrected chi connectivity index (χ3v) is 5.61. The number of carbonyl (C=O) groups excluding carboxylic acids is 1. The number of carbonyl (C=O) groups is 1.